The van der Waals surface area contributed by atoms with Crippen LogP contribution in [0.3, 0.4) is 0 Å². The van der Waals surface area contributed by atoms with E-state index >= 15 is 0 Å². The van der Waals surface area contributed by atoms with Crippen LogP contribution in [0.15, 0.2) is 30.3 Å². The summed E-state index contributed by atoms with van der Waals surface area (Å²) < 4.78 is 0. The maximum absolute atomic E-state index is 4.51. The first-order valence-corrected chi connectivity index (χ1v) is 28.0. The zero-order valence-electron chi connectivity index (χ0n) is 45.6. The minimum absolute atomic E-state index is 0. The Hall–Kier alpha value is -1.87. The molecule has 7 heteroatoms. The number of hydrogen-bond acceptors (Lipinski definition) is 7. The van der Waals surface area contributed by atoms with Crippen molar-refractivity contribution >= 4 is 68.0 Å². The molecule has 1 nitrogen and oxygen atoms in total. The summed E-state index contributed by atoms with van der Waals surface area (Å²) >= 11 is 11.4. The summed E-state index contributed by atoms with van der Waals surface area (Å²) in [5.74, 6) is 0. The topological polar surface area (TPSA) is 12.9 Å². The van der Waals surface area contributed by atoms with Crippen LogP contribution in [0.25, 0.3) is 0 Å². The summed E-state index contributed by atoms with van der Waals surface area (Å²) in [7, 11) is 0. The predicted octanol–water partition coefficient (Wildman–Crippen LogP) is 21.2. The fourth-order valence-electron chi connectivity index (χ4n) is 6.36. The van der Waals surface area contributed by atoms with E-state index in [1.807, 2.05) is 68.0 Å². The number of aryl methyl sites for hydroxylation is 14. The van der Waals surface area contributed by atoms with Gasteiger partial charge in [0.2, 0.25) is 0 Å². The van der Waals surface area contributed by atoms with Gasteiger partial charge in [0.1, 0.15) is 0 Å². The fraction of sp³-hybridized carbons (Fsp3) is 0.603. The van der Waals surface area contributed by atoms with Gasteiger partial charge < -0.3 is 0 Å². The fourth-order valence-corrected chi connectivity index (χ4v) is 13.5. The summed E-state index contributed by atoms with van der Waals surface area (Å²) in [6.07, 6.45) is 4.69. The number of aromatic nitrogens is 1. The van der Waals surface area contributed by atoms with E-state index < -0.39 is 0 Å². The van der Waals surface area contributed by atoms with Crippen molar-refractivity contribution in [3.8, 4) is 0 Å². The smallest absolute Gasteiger partial charge is 0.0936 e. The predicted molar refractivity (Wildman–Crippen MR) is 309 cm³/mol. The quantitative estimate of drug-likeness (QED) is 0.172. The Bertz CT molecular complexity index is 1870. The third-order valence-corrected chi connectivity index (χ3v) is 16.8. The molecule has 0 unspecified atom stereocenters. The Morgan fingerprint density at radius 2 is 0.569 bits per heavy atom. The van der Waals surface area contributed by atoms with Crippen molar-refractivity contribution in [1.29, 1.82) is 0 Å². The Morgan fingerprint density at radius 1 is 0.323 bits per heavy atom. The summed E-state index contributed by atoms with van der Waals surface area (Å²) in [6.45, 7) is 57.7. The number of hydrogen-bond donors (Lipinski definition) is 0. The van der Waals surface area contributed by atoms with E-state index in [0.29, 0.717) is 21.7 Å². The van der Waals surface area contributed by atoms with E-state index in [2.05, 4.69) is 215 Å². The van der Waals surface area contributed by atoms with E-state index in [9.17, 15) is 0 Å². The van der Waals surface area contributed by atoms with Crippen molar-refractivity contribution in [2.75, 3.05) is 0 Å². The van der Waals surface area contributed by atoms with Crippen LogP contribution in [-0.2, 0) is 25.7 Å². The van der Waals surface area contributed by atoms with Gasteiger partial charge in [-0.15, -0.1) is 68.0 Å². The molecular formula is C58H95NS6. The highest BCUT2D eigenvalue weighted by molar-refractivity contribution is 7.13. The Morgan fingerprint density at radius 3 is 0.708 bits per heavy atom. The first kappa shape index (κ1) is 63.1. The van der Waals surface area contributed by atoms with Crippen molar-refractivity contribution < 1.29 is 0 Å². The maximum Gasteiger partial charge on any atom is 0.0936 e. The minimum atomic E-state index is 0. The van der Waals surface area contributed by atoms with Gasteiger partial charge in [0.25, 0.3) is 0 Å². The van der Waals surface area contributed by atoms with Crippen LogP contribution in [0.5, 0.6) is 0 Å². The molecule has 65 heavy (non-hydrogen) atoms. The lowest BCUT2D eigenvalue weighted by Gasteiger charge is -2.16. The third-order valence-electron chi connectivity index (χ3n) is 10.1. The molecule has 0 aromatic carbocycles. The molecule has 6 aromatic rings. The first-order chi connectivity index (χ1) is 28.9. The number of nitrogens with zero attached hydrogens (tertiary/aromatic N) is 1. The van der Waals surface area contributed by atoms with Gasteiger partial charge in [0.05, 0.1) is 10.7 Å². The molecule has 6 aromatic heterocycles. The van der Waals surface area contributed by atoms with E-state index in [1.165, 1.54) is 111 Å². The largest absolute Gasteiger partial charge is 0.246 e. The normalized spacial score (nSPS) is 11.4. The standard InChI is InChI=1S/3C11H18S.C10H17NS.2C7H10S.CH4/c3*1-8-6-10(12-9(8)2)7-11(3,4)5;1-7-8(2)12-9(11-7)6-10(3,4)5;2*1-5-4-6(2)8-7(5)3;/h3*6H,7H2,1-5H3;6H2,1-5H3;2*4H,1-3H3;1H4. The van der Waals surface area contributed by atoms with E-state index in [-0.39, 0.29) is 7.43 Å². The molecule has 0 spiro atoms. The Kier molecular flexibility index (Phi) is 26.6. The molecule has 0 radical (unpaired) electrons. The SMILES string of the molecule is C.Cc1cc(C)c(C)s1.Cc1cc(C)c(C)s1.Cc1cc(CC(C)(C)C)sc1C.Cc1cc(CC(C)(C)C)sc1C.Cc1cc(CC(C)(C)C)sc1C.Cc1nc(CC(C)(C)C)sc1C. The Balaban J connectivity index is 0.000000759. The van der Waals surface area contributed by atoms with Gasteiger partial charge in [-0.05, 0) is 196 Å². The van der Waals surface area contributed by atoms with Crippen LogP contribution < -0.4 is 0 Å². The van der Waals surface area contributed by atoms with Gasteiger partial charge in [-0.3, -0.25) is 0 Å². The second-order valence-corrected chi connectivity index (χ2v) is 31.0. The molecule has 0 amide bonds. The second-order valence-electron chi connectivity index (χ2n) is 22.7. The number of thiazole rings is 1. The van der Waals surface area contributed by atoms with Gasteiger partial charge >= 0.3 is 0 Å². The van der Waals surface area contributed by atoms with E-state index in [0.717, 1.165) is 6.42 Å². The summed E-state index contributed by atoms with van der Waals surface area (Å²) in [5.41, 5.74) is 9.99. The van der Waals surface area contributed by atoms with Gasteiger partial charge in [-0.25, -0.2) is 4.98 Å². The highest BCUT2D eigenvalue weighted by atomic mass is 32.1. The molecule has 0 aliphatic rings. The molecule has 6 rings (SSSR count). The van der Waals surface area contributed by atoms with Crippen molar-refractivity contribution in [3.63, 3.8) is 0 Å². The van der Waals surface area contributed by atoms with Crippen LogP contribution in [-0.4, -0.2) is 4.98 Å². The van der Waals surface area contributed by atoms with E-state index in [1.54, 1.807) is 0 Å². The second kappa shape index (κ2) is 27.4. The van der Waals surface area contributed by atoms with E-state index in [4.69, 9.17) is 0 Å². The molecule has 0 bridgehead atoms. The average molecular weight is 999 g/mol. The summed E-state index contributed by atoms with van der Waals surface area (Å²) in [6, 6.07) is 11.4. The molecule has 368 valence electrons. The molecule has 0 aliphatic carbocycles. The molecule has 0 saturated carbocycles. The number of rotatable bonds is 4. The molecule has 0 fully saturated rings. The monoisotopic (exact) mass is 998 g/mol. The molecule has 0 aliphatic heterocycles. The van der Waals surface area contributed by atoms with Gasteiger partial charge in [0.15, 0.2) is 0 Å². The van der Waals surface area contributed by atoms with Crippen LogP contribution >= 0.6 is 68.0 Å². The lowest BCUT2D eigenvalue weighted by Crippen LogP contribution is -2.08. The molecule has 6 heterocycles. The minimum Gasteiger partial charge on any atom is -0.246 e. The van der Waals surface area contributed by atoms with Crippen LogP contribution in [0.4, 0.5) is 0 Å². The average Bonchev–Trinajstić information content (AvgIpc) is 3.89. The zero-order valence-corrected chi connectivity index (χ0v) is 50.5. The van der Waals surface area contributed by atoms with Crippen LogP contribution in [0.1, 0.15) is 183 Å². The highest BCUT2D eigenvalue weighted by Gasteiger charge is 2.16. The molecule has 0 saturated heterocycles. The highest BCUT2D eigenvalue weighted by Crippen LogP contribution is 2.31. The van der Waals surface area contributed by atoms with Crippen LogP contribution in [0.2, 0.25) is 0 Å². The summed E-state index contributed by atoms with van der Waals surface area (Å²) in [5, 5.41) is 1.28. The number of thiophene rings is 5. The summed E-state index contributed by atoms with van der Waals surface area (Å²) in [4.78, 5) is 20.6. The van der Waals surface area contributed by atoms with Crippen molar-refractivity contribution in [3.05, 3.63) is 122 Å². The third kappa shape index (κ3) is 27.7. The van der Waals surface area contributed by atoms with Crippen LogP contribution in [0, 0.1) is 119 Å². The van der Waals surface area contributed by atoms with Gasteiger partial charge in [-0.2, -0.15) is 0 Å². The zero-order chi connectivity index (χ0) is 49.7. The first-order valence-electron chi connectivity index (χ1n) is 23.1. The lowest BCUT2D eigenvalue weighted by atomic mass is 9.91. The Labute approximate surface area is 427 Å². The molecule has 0 N–H and O–H groups in total. The van der Waals surface area contributed by atoms with Crippen molar-refractivity contribution in [2.45, 2.75) is 213 Å². The van der Waals surface area contributed by atoms with Gasteiger partial charge in [0, 0.05) is 60.1 Å². The molecule has 0 atom stereocenters. The van der Waals surface area contributed by atoms with Gasteiger partial charge in [-0.1, -0.05) is 90.5 Å². The molecular weight excluding hydrogens is 903 g/mol. The lowest BCUT2D eigenvalue weighted by molar-refractivity contribution is 0.410. The maximum atomic E-state index is 4.51. The van der Waals surface area contributed by atoms with Crippen molar-refractivity contribution in [2.24, 2.45) is 21.7 Å². The van der Waals surface area contributed by atoms with Crippen molar-refractivity contribution in [1.82, 2.24) is 4.98 Å².